The van der Waals surface area contributed by atoms with Gasteiger partial charge in [-0.05, 0) is 19.3 Å². The predicted molar refractivity (Wildman–Crippen MR) is 58.3 cm³/mol. The summed E-state index contributed by atoms with van der Waals surface area (Å²) in [5.41, 5.74) is 0. The molecule has 0 amide bonds. The minimum absolute atomic E-state index is 0. The Bertz CT molecular complexity index is 266. The Labute approximate surface area is 121 Å². The van der Waals surface area contributed by atoms with Gasteiger partial charge in [0.1, 0.15) is 10.1 Å². The minimum atomic E-state index is -4.60. The summed E-state index contributed by atoms with van der Waals surface area (Å²) in [5, 5.41) is 9.61. The van der Waals surface area contributed by atoms with Crippen LogP contribution in [0.15, 0.2) is 0 Å². The van der Waals surface area contributed by atoms with Crippen LogP contribution < -0.4 is 29.6 Å². The standard InChI is InChI=1S/C10H22O4S.Na/c1-3-5-6-7-8-9-10(11,4-2)15(12,13)14;/h11H,3-9H2,1-2H3,(H,12,13,14);/q;+1/p-1. The van der Waals surface area contributed by atoms with E-state index in [1.165, 1.54) is 6.92 Å². The maximum Gasteiger partial charge on any atom is 1.00 e. The van der Waals surface area contributed by atoms with Crippen molar-refractivity contribution in [3.05, 3.63) is 0 Å². The molecular formula is C10H21NaO4S. The van der Waals surface area contributed by atoms with Crippen molar-refractivity contribution in [1.82, 2.24) is 0 Å². The van der Waals surface area contributed by atoms with Gasteiger partial charge in [0.25, 0.3) is 0 Å². The first-order valence-corrected chi connectivity index (χ1v) is 6.96. The molecule has 0 rings (SSSR count). The van der Waals surface area contributed by atoms with Crippen molar-refractivity contribution in [1.29, 1.82) is 0 Å². The second-order valence-electron chi connectivity index (χ2n) is 3.92. The van der Waals surface area contributed by atoms with Gasteiger partial charge in [-0.1, -0.05) is 39.5 Å². The van der Waals surface area contributed by atoms with E-state index in [1.807, 2.05) is 0 Å². The summed E-state index contributed by atoms with van der Waals surface area (Å²) in [4.78, 5) is -2.06. The first kappa shape index (κ1) is 19.2. The Hall–Kier alpha value is 0.870. The third kappa shape index (κ3) is 6.57. The van der Waals surface area contributed by atoms with Gasteiger partial charge >= 0.3 is 29.6 Å². The van der Waals surface area contributed by atoms with Gasteiger partial charge < -0.3 is 9.66 Å². The van der Waals surface area contributed by atoms with Gasteiger partial charge in [-0.15, -0.1) is 0 Å². The van der Waals surface area contributed by atoms with E-state index in [2.05, 4.69) is 6.92 Å². The van der Waals surface area contributed by atoms with E-state index in [1.54, 1.807) is 0 Å². The van der Waals surface area contributed by atoms with Gasteiger partial charge in [0.05, 0.1) is 0 Å². The van der Waals surface area contributed by atoms with Crippen molar-refractivity contribution in [2.75, 3.05) is 0 Å². The molecule has 0 heterocycles. The van der Waals surface area contributed by atoms with Gasteiger partial charge in [0, 0.05) is 0 Å². The number of unbranched alkanes of at least 4 members (excludes halogenated alkanes) is 4. The van der Waals surface area contributed by atoms with Crippen LogP contribution in [0.2, 0.25) is 0 Å². The predicted octanol–water partition coefficient (Wildman–Crippen LogP) is -1.01. The molecular weight excluding hydrogens is 239 g/mol. The normalized spacial score (nSPS) is 15.2. The molecule has 6 heteroatoms. The van der Waals surface area contributed by atoms with Gasteiger partial charge in [0.2, 0.25) is 0 Å². The molecule has 1 N–H and O–H groups in total. The van der Waals surface area contributed by atoms with Crippen LogP contribution >= 0.6 is 0 Å². The number of hydrogen-bond donors (Lipinski definition) is 1. The molecule has 0 fully saturated rings. The zero-order valence-corrected chi connectivity index (χ0v) is 13.3. The van der Waals surface area contributed by atoms with Crippen LogP contribution in [0.4, 0.5) is 0 Å². The topological polar surface area (TPSA) is 77.4 Å². The molecule has 1 unspecified atom stereocenters. The fourth-order valence-electron chi connectivity index (χ4n) is 1.48. The second kappa shape index (κ2) is 8.89. The van der Waals surface area contributed by atoms with Gasteiger partial charge in [0.15, 0.2) is 4.93 Å². The summed E-state index contributed by atoms with van der Waals surface area (Å²) in [6.45, 7) is 3.60. The Morgan fingerprint density at radius 2 is 1.62 bits per heavy atom. The summed E-state index contributed by atoms with van der Waals surface area (Å²) < 4.78 is 32.4. The van der Waals surface area contributed by atoms with Crippen LogP contribution in [0.3, 0.4) is 0 Å². The van der Waals surface area contributed by atoms with Crippen LogP contribution in [-0.2, 0) is 10.1 Å². The summed E-state index contributed by atoms with van der Waals surface area (Å²) in [7, 11) is -4.60. The van der Waals surface area contributed by atoms with E-state index >= 15 is 0 Å². The average molecular weight is 260 g/mol. The molecule has 4 nitrogen and oxygen atoms in total. The molecule has 0 aromatic heterocycles. The second-order valence-corrected chi connectivity index (χ2v) is 5.59. The molecule has 0 aromatic rings. The molecule has 16 heavy (non-hydrogen) atoms. The van der Waals surface area contributed by atoms with Gasteiger partial charge in [-0.25, -0.2) is 8.42 Å². The quantitative estimate of drug-likeness (QED) is 0.345. The molecule has 0 aliphatic heterocycles. The van der Waals surface area contributed by atoms with Crippen LogP contribution in [0, 0.1) is 0 Å². The van der Waals surface area contributed by atoms with Crippen molar-refractivity contribution in [3.8, 4) is 0 Å². The molecule has 0 aliphatic rings. The smallest absolute Gasteiger partial charge is 0.746 e. The fraction of sp³-hybridized carbons (Fsp3) is 1.00. The van der Waals surface area contributed by atoms with E-state index < -0.39 is 15.1 Å². The van der Waals surface area contributed by atoms with Crippen LogP contribution in [-0.4, -0.2) is 23.0 Å². The van der Waals surface area contributed by atoms with E-state index in [4.69, 9.17) is 0 Å². The largest absolute Gasteiger partial charge is 1.00 e. The molecule has 0 spiro atoms. The van der Waals surface area contributed by atoms with Crippen molar-refractivity contribution in [2.45, 2.75) is 63.7 Å². The molecule has 1 atom stereocenters. The molecule has 0 saturated carbocycles. The van der Waals surface area contributed by atoms with E-state index in [-0.39, 0.29) is 42.4 Å². The zero-order valence-electron chi connectivity index (χ0n) is 10.5. The van der Waals surface area contributed by atoms with Crippen LogP contribution in [0.25, 0.3) is 0 Å². The Balaban J connectivity index is 0. The zero-order chi connectivity index (χ0) is 11.9. The summed E-state index contributed by atoms with van der Waals surface area (Å²) >= 11 is 0. The maximum atomic E-state index is 10.8. The van der Waals surface area contributed by atoms with E-state index in [0.29, 0.717) is 6.42 Å². The molecule has 0 radical (unpaired) electrons. The van der Waals surface area contributed by atoms with Crippen molar-refractivity contribution in [3.63, 3.8) is 0 Å². The Morgan fingerprint density at radius 3 is 2.00 bits per heavy atom. The first-order chi connectivity index (χ1) is 6.87. The minimum Gasteiger partial charge on any atom is -0.746 e. The van der Waals surface area contributed by atoms with Crippen molar-refractivity contribution < 1.29 is 47.6 Å². The third-order valence-electron chi connectivity index (χ3n) is 2.69. The van der Waals surface area contributed by atoms with E-state index in [9.17, 15) is 18.1 Å². The molecule has 0 aromatic carbocycles. The van der Waals surface area contributed by atoms with Gasteiger partial charge in [-0.2, -0.15) is 0 Å². The van der Waals surface area contributed by atoms with Crippen LogP contribution in [0.1, 0.15) is 58.8 Å². The fourth-order valence-corrected chi connectivity index (χ4v) is 2.23. The van der Waals surface area contributed by atoms with Gasteiger partial charge in [-0.3, -0.25) is 0 Å². The SMILES string of the molecule is CCCCCCCC(O)(CC)S(=O)(=O)[O-].[Na+]. The van der Waals surface area contributed by atoms with Crippen molar-refractivity contribution in [2.24, 2.45) is 0 Å². The maximum absolute atomic E-state index is 10.8. The number of aliphatic hydroxyl groups is 1. The Morgan fingerprint density at radius 1 is 1.12 bits per heavy atom. The monoisotopic (exact) mass is 260 g/mol. The number of rotatable bonds is 8. The molecule has 92 valence electrons. The number of hydrogen-bond acceptors (Lipinski definition) is 4. The summed E-state index contributed by atoms with van der Waals surface area (Å²) in [5.74, 6) is 0. The Kier molecular flexibility index (Phi) is 10.7. The molecule has 0 bridgehead atoms. The first-order valence-electron chi connectivity index (χ1n) is 5.55. The third-order valence-corrected chi connectivity index (χ3v) is 4.11. The van der Waals surface area contributed by atoms with Crippen molar-refractivity contribution >= 4 is 10.1 Å². The van der Waals surface area contributed by atoms with E-state index in [0.717, 1.165) is 25.7 Å². The average Bonchev–Trinajstić information content (AvgIpc) is 2.15. The molecule has 0 aliphatic carbocycles. The van der Waals surface area contributed by atoms with Crippen LogP contribution in [0.5, 0.6) is 0 Å². The summed E-state index contributed by atoms with van der Waals surface area (Å²) in [6.07, 6.45) is 4.71. The molecule has 0 saturated heterocycles. The summed E-state index contributed by atoms with van der Waals surface area (Å²) in [6, 6.07) is 0.